The lowest BCUT2D eigenvalue weighted by Crippen LogP contribution is -1.96. The normalized spacial score (nSPS) is 11.9. The molecule has 0 amide bonds. The summed E-state index contributed by atoms with van der Waals surface area (Å²) in [5.74, 6) is 0. The summed E-state index contributed by atoms with van der Waals surface area (Å²) in [6, 6.07) is 42.1. The zero-order chi connectivity index (χ0) is 32.2. The fourth-order valence-electron chi connectivity index (χ4n) is 6.64. The Labute approximate surface area is 277 Å². The average molecular weight is 616 g/mol. The van der Waals surface area contributed by atoms with Crippen molar-refractivity contribution in [3.8, 4) is 22.5 Å². The van der Waals surface area contributed by atoms with E-state index in [2.05, 4.69) is 145 Å². The third-order valence-corrected chi connectivity index (χ3v) is 9.26. The molecule has 226 valence electrons. The minimum atomic E-state index is 0.858. The van der Waals surface area contributed by atoms with Crippen LogP contribution in [0.3, 0.4) is 0 Å². The Morgan fingerprint density at radius 3 is 2.21 bits per heavy atom. The first-order valence-electron chi connectivity index (χ1n) is 16.0. The summed E-state index contributed by atoms with van der Waals surface area (Å²) in [6.45, 7) is 6.46. The van der Waals surface area contributed by atoms with E-state index in [9.17, 15) is 0 Å². The van der Waals surface area contributed by atoms with Crippen molar-refractivity contribution in [3.05, 3.63) is 163 Å². The van der Waals surface area contributed by atoms with Gasteiger partial charge in [-0.2, -0.15) is 5.10 Å². The van der Waals surface area contributed by atoms with Crippen molar-refractivity contribution < 1.29 is 0 Å². The Morgan fingerprint density at radius 1 is 0.667 bits per heavy atom. The highest BCUT2D eigenvalue weighted by molar-refractivity contribution is 6.03. The van der Waals surface area contributed by atoms with Crippen molar-refractivity contribution in [3.63, 3.8) is 0 Å². The molecule has 9 rings (SSSR count). The molecule has 0 radical (unpaired) electrons. The van der Waals surface area contributed by atoms with Gasteiger partial charge in [-0.15, -0.1) is 0 Å². The zero-order valence-corrected chi connectivity index (χ0v) is 26.3. The molecule has 4 aromatic carbocycles. The molecular formula is C43H29N5. The van der Waals surface area contributed by atoms with Crippen LogP contribution in [0.1, 0.15) is 16.7 Å². The lowest BCUT2D eigenvalue weighted by molar-refractivity contribution is 0.984. The van der Waals surface area contributed by atoms with E-state index in [4.69, 9.17) is 10.1 Å². The molecule has 0 unspecified atom stereocenters. The number of benzene rings is 4. The topological polar surface area (TPSA) is 56.0 Å². The van der Waals surface area contributed by atoms with Crippen molar-refractivity contribution in [2.75, 3.05) is 0 Å². The van der Waals surface area contributed by atoms with Gasteiger partial charge in [0.25, 0.3) is 0 Å². The second kappa shape index (κ2) is 11.1. The molecule has 0 aliphatic heterocycles. The maximum atomic E-state index is 5.09. The molecule has 5 heterocycles. The summed E-state index contributed by atoms with van der Waals surface area (Å²) in [7, 11) is 0. The van der Waals surface area contributed by atoms with Crippen LogP contribution in [0.4, 0.5) is 0 Å². The van der Waals surface area contributed by atoms with Crippen molar-refractivity contribution in [1.82, 2.24) is 24.6 Å². The summed E-state index contributed by atoms with van der Waals surface area (Å²) >= 11 is 0. The lowest BCUT2D eigenvalue weighted by Gasteiger charge is -2.08. The number of aryl methyl sites for hydroxylation is 1. The van der Waals surface area contributed by atoms with Gasteiger partial charge in [0.15, 0.2) is 0 Å². The van der Waals surface area contributed by atoms with Crippen LogP contribution in [0.5, 0.6) is 0 Å². The van der Waals surface area contributed by atoms with Gasteiger partial charge in [-0.3, -0.25) is 9.97 Å². The van der Waals surface area contributed by atoms with Crippen LogP contribution < -0.4 is 0 Å². The summed E-state index contributed by atoms with van der Waals surface area (Å²) in [6.07, 6.45) is 7.87. The summed E-state index contributed by atoms with van der Waals surface area (Å²) in [4.78, 5) is 14.3. The third-order valence-electron chi connectivity index (χ3n) is 9.26. The Hall–Kier alpha value is -6.46. The molecule has 0 aliphatic rings. The summed E-state index contributed by atoms with van der Waals surface area (Å²) in [5, 5.41) is 9.40. The second-order valence-corrected chi connectivity index (χ2v) is 12.1. The molecular weight excluding hydrogens is 587 g/mol. The predicted molar refractivity (Wildman–Crippen MR) is 199 cm³/mol. The van der Waals surface area contributed by atoms with Gasteiger partial charge in [-0.25, -0.2) is 9.50 Å². The number of aromatic nitrogens is 5. The monoisotopic (exact) mass is 615 g/mol. The largest absolute Gasteiger partial charge is 0.256 e. The highest BCUT2D eigenvalue weighted by Gasteiger charge is 2.13. The van der Waals surface area contributed by atoms with Gasteiger partial charge in [0.1, 0.15) is 0 Å². The quantitative estimate of drug-likeness (QED) is 0.143. The molecule has 0 atom stereocenters. The van der Waals surface area contributed by atoms with Gasteiger partial charge in [0.05, 0.1) is 39.0 Å². The van der Waals surface area contributed by atoms with E-state index in [1.54, 1.807) is 0 Å². The number of hydrogen-bond acceptors (Lipinski definition) is 4. The lowest BCUT2D eigenvalue weighted by atomic mass is 9.98. The van der Waals surface area contributed by atoms with E-state index in [0.717, 1.165) is 88.3 Å². The molecule has 5 heteroatoms. The average Bonchev–Trinajstić information content (AvgIpc) is 3.52. The van der Waals surface area contributed by atoms with Crippen LogP contribution >= 0.6 is 0 Å². The van der Waals surface area contributed by atoms with Gasteiger partial charge >= 0.3 is 0 Å². The van der Waals surface area contributed by atoms with Crippen LogP contribution in [0, 0.1) is 6.92 Å². The van der Waals surface area contributed by atoms with Gasteiger partial charge in [0.2, 0.25) is 0 Å². The molecule has 0 aliphatic carbocycles. The molecule has 0 saturated carbocycles. The van der Waals surface area contributed by atoms with Crippen molar-refractivity contribution in [2.24, 2.45) is 0 Å². The number of rotatable bonds is 5. The number of allylic oxidation sites excluding steroid dienone is 2. The summed E-state index contributed by atoms with van der Waals surface area (Å²) in [5.41, 5.74) is 13.2. The smallest absolute Gasteiger partial charge is 0.0972 e. The Kier molecular flexibility index (Phi) is 6.44. The minimum absolute atomic E-state index is 0.858. The fourth-order valence-corrected chi connectivity index (χ4v) is 6.64. The number of hydrogen-bond donors (Lipinski definition) is 0. The Bertz CT molecular complexity index is 2750. The summed E-state index contributed by atoms with van der Waals surface area (Å²) < 4.78 is 2.01. The Balaban J connectivity index is 1.03. The first-order chi connectivity index (χ1) is 23.6. The highest BCUT2D eigenvalue weighted by Crippen LogP contribution is 2.32. The molecule has 0 fully saturated rings. The van der Waals surface area contributed by atoms with Gasteiger partial charge < -0.3 is 0 Å². The van der Waals surface area contributed by atoms with Gasteiger partial charge in [-0.1, -0.05) is 97.6 Å². The molecule has 0 bridgehead atoms. The number of fused-ring (bicyclic) bond motifs is 7. The van der Waals surface area contributed by atoms with Crippen LogP contribution in [0.2, 0.25) is 0 Å². The molecule has 0 saturated heterocycles. The van der Waals surface area contributed by atoms with Crippen molar-refractivity contribution >= 4 is 60.8 Å². The maximum absolute atomic E-state index is 5.09. The van der Waals surface area contributed by atoms with Gasteiger partial charge in [-0.05, 0) is 82.8 Å². The first-order valence-corrected chi connectivity index (χ1v) is 16.0. The van der Waals surface area contributed by atoms with Crippen LogP contribution in [-0.2, 0) is 0 Å². The van der Waals surface area contributed by atoms with Gasteiger partial charge in [0, 0.05) is 33.9 Å². The van der Waals surface area contributed by atoms with E-state index >= 15 is 0 Å². The van der Waals surface area contributed by atoms with E-state index in [1.165, 1.54) is 5.56 Å². The van der Waals surface area contributed by atoms with E-state index in [1.807, 2.05) is 29.0 Å². The SMILES string of the molecule is C=C(/C=C\c1ccc2cccnc2c1C)c1ccc(-c2ccc3nn4c(-c5ccc6ccc7cccnc7c6n5)cccc4c3c2)cc1. The van der Waals surface area contributed by atoms with Crippen molar-refractivity contribution in [2.45, 2.75) is 6.92 Å². The van der Waals surface area contributed by atoms with E-state index in [0.29, 0.717) is 0 Å². The fraction of sp³-hybridized carbons (Fsp3) is 0.0233. The van der Waals surface area contributed by atoms with E-state index < -0.39 is 0 Å². The zero-order valence-electron chi connectivity index (χ0n) is 26.3. The highest BCUT2D eigenvalue weighted by atomic mass is 15.2. The molecule has 48 heavy (non-hydrogen) atoms. The molecule has 5 nitrogen and oxygen atoms in total. The van der Waals surface area contributed by atoms with Crippen LogP contribution in [0.15, 0.2) is 146 Å². The van der Waals surface area contributed by atoms with Crippen LogP contribution in [-0.4, -0.2) is 24.6 Å². The number of pyridine rings is 4. The molecule has 5 aromatic heterocycles. The Morgan fingerprint density at radius 2 is 1.38 bits per heavy atom. The maximum Gasteiger partial charge on any atom is 0.0972 e. The number of nitrogens with zero attached hydrogens (tertiary/aromatic N) is 5. The first kappa shape index (κ1) is 27.8. The molecule has 9 aromatic rings. The second-order valence-electron chi connectivity index (χ2n) is 12.1. The predicted octanol–water partition coefficient (Wildman–Crippen LogP) is 10.5. The van der Waals surface area contributed by atoms with E-state index in [-0.39, 0.29) is 0 Å². The minimum Gasteiger partial charge on any atom is -0.256 e. The third kappa shape index (κ3) is 4.64. The molecule has 0 N–H and O–H groups in total. The standard InChI is InChI=1S/C43H29N5/c1-27(10-11-30-14-17-32-6-4-24-44-41(32)28(30)2)29-12-15-31(16-13-29)35-21-22-37-36(26-35)39-8-3-9-40(48(39)47-37)38-23-20-34-19-18-33-7-5-25-45-42(33)43(34)46-38/h3-26H,1H2,2H3/b11-10-. The van der Waals surface area contributed by atoms with Crippen molar-refractivity contribution in [1.29, 1.82) is 0 Å². The van der Waals surface area contributed by atoms with Crippen LogP contribution in [0.25, 0.3) is 83.3 Å². The molecule has 0 spiro atoms.